The van der Waals surface area contributed by atoms with Crippen LogP contribution in [0.4, 0.5) is 0 Å². The van der Waals surface area contributed by atoms with Crippen LogP contribution >= 0.6 is 11.8 Å². The first-order valence-corrected chi connectivity index (χ1v) is 8.46. The molecule has 0 fully saturated rings. The molecule has 0 aliphatic carbocycles. The van der Waals surface area contributed by atoms with Crippen molar-refractivity contribution in [1.82, 2.24) is 9.55 Å². The summed E-state index contributed by atoms with van der Waals surface area (Å²) in [5.41, 5.74) is 1.34. The van der Waals surface area contributed by atoms with Gasteiger partial charge in [0.2, 0.25) is 0 Å². The summed E-state index contributed by atoms with van der Waals surface area (Å²) in [5, 5.41) is 1.24. The highest BCUT2D eigenvalue weighted by Gasteiger charge is 2.16. The van der Waals surface area contributed by atoms with Crippen LogP contribution in [0.1, 0.15) is 0 Å². The van der Waals surface area contributed by atoms with E-state index >= 15 is 0 Å². The lowest BCUT2D eigenvalue weighted by molar-refractivity contribution is 0.171. The molecule has 0 N–H and O–H groups in total. The van der Waals surface area contributed by atoms with Crippen LogP contribution < -0.4 is 15.0 Å². The lowest BCUT2D eigenvalue weighted by Gasteiger charge is -2.20. The van der Waals surface area contributed by atoms with Gasteiger partial charge >= 0.3 is 0 Å². The van der Waals surface area contributed by atoms with Gasteiger partial charge in [-0.05, 0) is 30.5 Å². The van der Waals surface area contributed by atoms with E-state index in [9.17, 15) is 4.79 Å². The Morgan fingerprint density at radius 1 is 1.09 bits per heavy atom. The third-order valence-corrected chi connectivity index (χ3v) is 4.35. The van der Waals surface area contributed by atoms with Crippen molar-refractivity contribution in [3.05, 3.63) is 52.8 Å². The average molecular weight is 326 g/mol. The molecule has 1 aliphatic rings. The minimum Gasteiger partial charge on any atom is -0.486 e. The van der Waals surface area contributed by atoms with Crippen LogP contribution in [-0.4, -0.2) is 29.0 Å². The molecule has 0 saturated carbocycles. The highest BCUT2D eigenvalue weighted by atomic mass is 32.2. The fourth-order valence-electron chi connectivity index (χ4n) is 2.65. The van der Waals surface area contributed by atoms with E-state index in [1.807, 2.05) is 42.7 Å². The fourth-order valence-corrected chi connectivity index (χ4v) is 3.21. The molecule has 116 valence electrons. The summed E-state index contributed by atoms with van der Waals surface area (Å²) in [4.78, 5) is 17.5. The van der Waals surface area contributed by atoms with E-state index in [2.05, 4.69) is 4.98 Å². The van der Waals surface area contributed by atoms with E-state index < -0.39 is 0 Å². The highest BCUT2D eigenvalue weighted by Crippen LogP contribution is 2.32. The number of rotatable bonds is 2. The first-order valence-electron chi connectivity index (χ1n) is 7.24. The van der Waals surface area contributed by atoms with E-state index in [-0.39, 0.29) is 5.56 Å². The van der Waals surface area contributed by atoms with E-state index in [0.717, 1.165) is 5.69 Å². The first kappa shape index (κ1) is 14.1. The van der Waals surface area contributed by atoms with Gasteiger partial charge in [0.15, 0.2) is 16.7 Å². The maximum Gasteiger partial charge on any atom is 0.266 e. The summed E-state index contributed by atoms with van der Waals surface area (Å²) in [6, 6.07) is 12.9. The summed E-state index contributed by atoms with van der Waals surface area (Å²) < 4.78 is 12.8. The third-order valence-electron chi connectivity index (χ3n) is 3.71. The van der Waals surface area contributed by atoms with Gasteiger partial charge in [-0.2, -0.15) is 0 Å². The van der Waals surface area contributed by atoms with Gasteiger partial charge in [-0.15, -0.1) is 0 Å². The first-order chi connectivity index (χ1) is 11.3. The van der Waals surface area contributed by atoms with Crippen molar-refractivity contribution in [1.29, 1.82) is 0 Å². The third kappa shape index (κ3) is 2.35. The molecule has 6 heteroatoms. The van der Waals surface area contributed by atoms with Gasteiger partial charge < -0.3 is 9.47 Å². The Bertz CT molecular complexity index is 952. The van der Waals surface area contributed by atoms with Crippen molar-refractivity contribution < 1.29 is 9.47 Å². The minimum absolute atomic E-state index is 0.0865. The molecular formula is C17H14N2O3S. The van der Waals surface area contributed by atoms with Gasteiger partial charge in [0.1, 0.15) is 13.2 Å². The topological polar surface area (TPSA) is 53.4 Å². The highest BCUT2D eigenvalue weighted by molar-refractivity contribution is 7.98. The number of para-hydroxylation sites is 1. The van der Waals surface area contributed by atoms with Gasteiger partial charge in [-0.25, -0.2) is 4.98 Å². The molecule has 0 amide bonds. The van der Waals surface area contributed by atoms with Gasteiger partial charge in [-0.1, -0.05) is 23.9 Å². The summed E-state index contributed by atoms with van der Waals surface area (Å²) in [6.07, 6.45) is 1.91. The lowest BCUT2D eigenvalue weighted by atomic mass is 10.2. The number of hydrogen-bond acceptors (Lipinski definition) is 5. The molecule has 0 spiro atoms. The molecule has 0 radical (unpaired) electrons. The van der Waals surface area contributed by atoms with E-state index in [1.54, 1.807) is 10.6 Å². The number of ether oxygens (including phenoxy) is 2. The summed E-state index contributed by atoms with van der Waals surface area (Å²) in [5.74, 6) is 1.35. The quantitative estimate of drug-likeness (QED) is 0.535. The average Bonchev–Trinajstić information content (AvgIpc) is 2.61. The summed E-state index contributed by atoms with van der Waals surface area (Å²) in [6.45, 7) is 1.05. The summed E-state index contributed by atoms with van der Waals surface area (Å²) in [7, 11) is 0. The Morgan fingerprint density at radius 2 is 1.87 bits per heavy atom. The maximum absolute atomic E-state index is 12.9. The zero-order chi connectivity index (χ0) is 15.8. The van der Waals surface area contributed by atoms with Crippen LogP contribution in [0, 0.1) is 0 Å². The summed E-state index contributed by atoms with van der Waals surface area (Å²) >= 11 is 1.44. The van der Waals surface area contributed by atoms with Crippen LogP contribution in [0.5, 0.6) is 11.5 Å². The molecule has 5 nitrogen and oxygen atoms in total. The predicted octanol–water partition coefficient (Wildman–Crippen LogP) is 2.88. The largest absolute Gasteiger partial charge is 0.486 e. The molecule has 1 aliphatic heterocycles. The molecule has 0 atom stereocenters. The molecule has 0 bridgehead atoms. The number of fused-ring (bicyclic) bond motifs is 2. The van der Waals surface area contributed by atoms with Crippen molar-refractivity contribution in [2.24, 2.45) is 0 Å². The molecule has 4 rings (SSSR count). The SMILES string of the molecule is CSc1nc2ccccc2c(=O)n1-c1ccc2c(c1)OCCO2. The smallest absolute Gasteiger partial charge is 0.266 e. The molecule has 2 heterocycles. The monoisotopic (exact) mass is 326 g/mol. The van der Waals surface area contributed by atoms with Crippen molar-refractivity contribution >= 4 is 22.7 Å². The van der Waals surface area contributed by atoms with E-state index in [0.29, 0.717) is 40.8 Å². The van der Waals surface area contributed by atoms with E-state index in [1.165, 1.54) is 11.8 Å². The van der Waals surface area contributed by atoms with Crippen LogP contribution in [0.2, 0.25) is 0 Å². The Morgan fingerprint density at radius 3 is 2.70 bits per heavy atom. The standard InChI is InChI=1S/C17H14N2O3S/c1-23-17-18-13-5-3-2-4-12(13)16(20)19(17)11-6-7-14-15(10-11)22-9-8-21-14/h2-7,10H,8-9H2,1H3. The number of hydrogen-bond donors (Lipinski definition) is 0. The maximum atomic E-state index is 12.9. The van der Waals surface area contributed by atoms with Gasteiger partial charge in [0, 0.05) is 6.07 Å². The molecule has 0 saturated heterocycles. The second-order valence-corrected chi connectivity index (χ2v) is 5.86. The van der Waals surface area contributed by atoms with E-state index in [4.69, 9.17) is 9.47 Å². The number of benzene rings is 2. The second-order valence-electron chi connectivity index (χ2n) is 5.08. The number of nitrogens with zero attached hydrogens (tertiary/aromatic N) is 2. The Kier molecular flexibility index (Phi) is 3.46. The van der Waals surface area contributed by atoms with Crippen LogP contribution in [0.25, 0.3) is 16.6 Å². The van der Waals surface area contributed by atoms with Crippen LogP contribution in [0.15, 0.2) is 52.4 Å². The van der Waals surface area contributed by atoms with Gasteiger partial charge in [0.25, 0.3) is 5.56 Å². The van der Waals surface area contributed by atoms with Crippen molar-refractivity contribution in [2.45, 2.75) is 5.16 Å². The lowest BCUT2D eigenvalue weighted by Crippen LogP contribution is -2.22. The van der Waals surface area contributed by atoms with Gasteiger partial charge in [-0.3, -0.25) is 9.36 Å². The Labute approximate surface area is 136 Å². The van der Waals surface area contributed by atoms with Crippen molar-refractivity contribution in [2.75, 3.05) is 19.5 Å². The second kappa shape index (κ2) is 5.62. The molecule has 1 aromatic heterocycles. The zero-order valence-electron chi connectivity index (χ0n) is 12.5. The number of thioether (sulfide) groups is 1. The van der Waals surface area contributed by atoms with Crippen molar-refractivity contribution in [3.63, 3.8) is 0 Å². The molecule has 23 heavy (non-hydrogen) atoms. The molecule has 0 unspecified atom stereocenters. The minimum atomic E-state index is -0.0865. The normalized spacial score (nSPS) is 13.3. The number of aromatic nitrogens is 2. The van der Waals surface area contributed by atoms with Gasteiger partial charge in [0.05, 0.1) is 16.6 Å². The van der Waals surface area contributed by atoms with Crippen LogP contribution in [0.3, 0.4) is 0 Å². The molecule has 3 aromatic rings. The Hall–Kier alpha value is -2.47. The predicted molar refractivity (Wildman–Crippen MR) is 90.1 cm³/mol. The molecular weight excluding hydrogens is 312 g/mol. The Balaban J connectivity index is 1.98. The zero-order valence-corrected chi connectivity index (χ0v) is 13.3. The fraction of sp³-hybridized carbons (Fsp3) is 0.176. The van der Waals surface area contributed by atoms with Crippen molar-refractivity contribution in [3.8, 4) is 17.2 Å². The van der Waals surface area contributed by atoms with Crippen LogP contribution in [-0.2, 0) is 0 Å². The molecule has 2 aromatic carbocycles.